The van der Waals surface area contributed by atoms with Crippen LogP contribution in [-0.4, -0.2) is 0 Å². The van der Waals surface area contributed by atoms with Gasteiger partial charge in [0, 0.05) is 37.1 Å². The van der Waals surface area contributed by atoms with Crippen LogP contribution in [0.15, 0.2) is 188 Å². The van der Waals surface area contributed by atoms with E-state index in [9.17, 15) is 0 Å². The summed E-state index contributed by atoms with van der Waals surface area (Å²) in [5, 5.41) is 10.3. The first kappa shape index (κ1) is 28.8. The van der Waals surface area contributed by atoms with Gasteiger partial charge in [-0.25, -0.2) is 0 Å². The van der Waals surface area contributed by atoms with Crippen molar-refractivity contribution in [2.24, 2.45) is 0 Å². The lowest BCUT2D eigenvalue weighted by molar-refractivity contribution is 1.29. The molecule has 1 heterocycles. The minimum Gasteiger partial charge on any atom is -0.310 e. The van der Waals surface area contributed by atoms with Gasteiger partial charge in [0.05, 0.1) is 5.69 Å². The van der Waals surface area contributed by atoms with E-state index in [1.807, 2.05) is 11.3 Å². The lowest BCUT2D eigenvalue weighted by atomic mass is 9.92. The van der Waals surface area contributed by atoms with Crippen LogP contribution in [0.5, 0.6) is 0 Å². The molecule has 50 heavy (non-hydrogen) atoms. The van der Waals surface area contributed by atoms with Crippen LogP contribution >= 0.6 is 11.3 Å². The SMILES string of the molecule is c1ccc(-c2ccc(N(c3ccc4c(c3)sc3c5ccccc5ccc43)c3ccccc3-c3cc4ccccc4c4ccccc34)cc2)cc1. The van der Waals surface area contributed by atoms with Crippen molar-refractivity contribution in [3.8, 4) is 22.3 Å². The molecule has 0 bridgehead atoms. The molecule has 0 saturated carbocycles. The molecule has 234 valence electrons. The van der Waals surface area contributed by atoms with E-state index in [0.717, 1.165) is 17.1 Å². The van der Waals surface area contributed by atoms with Crippen LogP contribution in [0.2, 0.25) is 0 Å². The van der Waals surface area contributed by atoms with Crippen LogP contribution in [-0.2, 0) is 0 Å². The van der Waals surface area contributed by atoms with Crippen molar-refractivity contribution in [2.45, 2.75) is 0 Å². The van der Waals surface area contributed by atoms with Crippen LogP contribution in [0.3, 0.4) is 0 Å². The molecule has 0 aliphatic rings. The lowest BCUT2D eigenvalue weighted by Crippen LogP contribution is -2.11. The smallest absolute Gasteiger partial charge is 0.0540 e. The van der Waals surface area contributed by atoms with Gasteiger partial charge in [0.25, 0.3) is 0 Å². The summed E-state index contributed by atoms with van der Waals surface area (Å²) in [6.45, 7) is 0. The summed E-state index contributed by atoms with van der Waals surface area (Å²) in [5.74, 6) is 0. The molecular formula is C48H31NS. The van der Waals surface area contributed by atoms with Gasteiger partial charge in [0.15, 0.2) is 0 Å². The fraction of sp³-hybridized carbons (Fsp3) is 0. The Labute approximate surface area is 294 Å². The molecule has 0 amide bonds. The number of fused-ring (bicyclic) bond motifs is 8. The summed E-state index contributed by atoms with van der Waals surface area (Å²) in [6, 6.07) is 68.7. The molecule has 0 spiro atoms. The Morgan fingerprint density at radius 2 is 0.960 bits per heavy atom. The highest BCUT2D eigenvalue weighted by molar-refractivity contribution is 7.26. The maximum atomic E-state index is 2.44. The van der Waals surface area contributed by atoms with Gasteiger partial charge in [-0.05, 0) is 85.4 Å². The zero-order chi connectivity index (χ0) is 33.0. The highest BCUT2D eigenvalue weighted by Gasteiger charge is 2.20. The minimum absolute atomic E-state index is 1.12. The molecule has 10 aromatic rings. The molecule has 0 unspecified atom stereocenters. The maximum Gasteiger partial charge on any atom is 0.0540 e. The molecular weight excluding hydrogens is 623 g/mol. The van der Waals surface area contributed by atoms with Gasteiger partial charge in [-0.2, -0.15) is 0 Å². The third kappa shape index (κ3) is 4.69. The van der Waals surface area contributed by atoms with Gasteiger partial charge in [0.2, 0.25) is 0 Å². The van der Waals surface area contributed by atoms with E-state index < -0.39 is 0 Å². The molecule has 0 aliphatic carbocycles. The average Bonchev–Trinajstić information content (AvgIpc) is 3.57. The molecule has 0 saturated heterocycles. The number of anilines is 3. The Morgan fingerprint density at radius 3 is 1.80 bits per heavy atom. The van der Waals surface area contributed by atoms with E-state index in [2.05, 4.69) is 193 Å². The van der Waals surface area contributed by atoms with E-state index in [0.29, 0.717) is 0 Å². The van der Waals surface area contributed by atoms with Crippen molar-refractivity contribution >= 4 is 80.9 Å². The molecule has 0 fully saturated rings. The monoisotopic (exact) mass is 653 g/mol. The Kier molecular flexibility index (Phi) is 6.75. The number of hydrogen-bond donors (Lipinski definition) is 0. The largest absolute Gasteiger partial charge is 0.310 e. The number of benzene rings is 9. The fourth-order valence-electron chi connectivity index (χ4n) is 7.67. The van der Waals surface area contributed by atoms with Crippen molar-refractivity contribution < 1.29 is 0 Å². The molecule has 9 aromatic carbocycles. The van der Waals surface area contributed by atoms with Crippen molar-refractivity contribution in [3.63, 3.8) is 0 Å². The number of thiophene rings is 1. The minimum atomic E-state index is 1.12. The van der Waals surface area contributed by atoms with Gasteiger partial charge in [-0.1, -0.05) is 152 Å². The summed E-state index contributed by atoms with van der Waals surface area (Å²) >= 11 is 1.89. The van der Waals surface area contributed by atoms with Gasteiger partial charge >= 0.3 is 0 Å². The highest BCUT2D eigenvalue weighted by atomic mass is 32.1. The van der Waals surface area contributed by atoms with Crippen molar-refractivity contribution in [1.82, 2.24) is 0 Å². The fourth-order valence-corrected chi connectivity index (χ4v) is 8.94. The van der Waals surface area contributed by atoms with Crippen LogP contribution in [0.1, 0.15) is 0 Å². The first-order chi connectivity index (χ1) is 24.8. The van der Waals surface area contributed by atoms with E-state index in [4.69, 9.17) is 0 Å². The average molecular weight is 654 g/mol. The zero-order valence-corrected chi connectivity index (χ0v) is 28.1. The van der Waals surface area contributed by atoms with Crippen LogP contribution < -0.4 is 4.90 Å². The standard InChI is InChI=1S/C48H31NS/c1-2-12-32(13-3-1)33-22-25-36(26-23-33)49(37-27-29-43-44-28-24-34-14-4-7-17-39(34)48(44)50-47(43)31-37)46-21-11-10-20-42(46)45-30-35-15-5-6-16-38(35)40-18-8-9-19-41(40)45/h1-31H. The zero-order valence-electron chi connectivity index (χ0n) is 27.3. The van der Waals surface area contributed by atoms with E-state index >= 15 is 0 Å². The molecule has 0 radical (unpaired) electrons. The second kappa shape index (κ2) is 11.7. The molecule has 2 heteroatoms. The summed E-state index contributed by atoms with van der Waals surface area (Å²) < 4.78 is 2.63. The van der Waals surface area contributed by atoms with E-state index in [1.165, 1.54) is 74.7 Å². The molecule has 1 nitrogen and oxygen atoms in total. The first-order valence-electron chi connectivity index (χ1n) is 17.1. The Hall–Kier alpha value is -6.22. The Morgan fingerprint density at radius 1 is 0.340 bits per heavy atom. The normalized spacial score (nSPS) is 11.6. The van der Waals surface area contributed by atoms with Gasteiger partial charge in [-0.15, -0.1) is 11.3 Å². The van der Waals surface area contributed by atoms with Gasteiger partial charge in [0.1, 0.15) is 0 Å². The molecule has 0 atom stereocenters. The topological polar surface area (TPSA) is 3.24 Å². The number of hydrogen-bond acceptors (Lipinski definition) is 2. The summed E-state index contributed by atoms with van der Waals surface area (Å²) in [4.78, 5) is 2.44. The Balaban J connectivity index is 1.21. The molecule has 10 rings (SSSR count). The van der Waals surface area contributed by atoms with Crippen LogP contribution in [0.4, 0.5) is 17.1 Å². The third-order valence-corrected chi connectivity index (χ3v) is 11.2. The maximum absolute atomic E-state index is 2.44. The molecule has 0 aliphatic heterocycles. The summed E-state index contributed by atoms with van der Waals surface area (Å²) in [5.41, 5.74) is 8.25. The predicted molar refractivity (Wildman–Crippen MR) is 217 cm³/mol. The quantitative estimate of drug-likeness (QED) is 0.167. The van der Waals surface area contributed by atoms with E-state index in [-0.39, 0.29) is 0 Å². The summed E-state index contributed by atoms with van der Waals surface area (Å²) in [7, 11) is 0. The van der Waals surface area contributed by atoms with Crippen molar-refractivity contribution in [1.29, 1.82) is 0 Å². The third-order valence-electron chi connectivity index (χ3n) is 10.0. The van der Waals surface area contributed by atoms with Crippen molar-refractivity contribution in [2.75, 3.05) is 4.90 Å². The number of nitrogens with zero attached hydrogens (tertiary/aromatic N) is 1. The van der Waals surface area contributed by atoms with Crippen LogP contribution in [0.25, 0.3) is 74.7 Å². The van der Waals surface area contributed by atoms with Crippen LogP contribution in [0, 0.1) is 0 Å². The number of para-hydroxylation sites is 1. The lowest BCUT2D eigenvalue weighted by Gasteiger charge is -2.28. The molecule has 1 aromatic heterocycles. The Bertz CT molecular complexity index is 2870. The second-order valence-corrected chi connectivity index (χ2v) is 14.0. The first-order valence-corrected chi connectivity index (χ1v) is 17.9. The second-order valence-electron chi connectivity index (χ2n) is 12.9. The van der Waals surface area contributed by atoms with Gasteiger partial charge < -0.3 is 4.90 Å². The molecule has 0 N–H and O–H groups in total. The van der Waals surface area contributed by atoms with E-state index in [1.54, 1.807) is 0 Å². The summed E-state index contributed by atoms with van der Waals surface area (Å²) in [6.07, 6.45) is 0. The van der Waals surface area contributed by atoms with Crippen molar-refractivity contribution in [3.05, 3.63) is 188 Å². The van der Waals surface area contributed by atoms with Gasteiger partial charge in [-0.3, -0.25) is 0 Å². The highest BCUT2D eigenvalue weighted by Crippen LogP contribution is 2.46. The number of rotatable bonds is 5. The predicted octanol–water partition coefficient (Wildman–Crippen LogP) is 14.3.